The zero-order valence-electron chi connectivity index (χ0n) is 8.92. The van der Waals surface area contributed by atoms with Crippen LogP contribution in [0.3, 0.4) is 0 Å². The Morgan fingerprint density at radius 1 is 1.53 bits per heavy atom. The van der Waals surface area contributed by atoms with Crippen LogP contribution in [0.2, 0.25) is 0 Å². The minimum absolute atomic E-state index is 0.0378. The van der Waals surface area contributed by atoms with Crippen molar-refractivity contribution in [3.05, 3.63) is 23.8 Å². The van der Waals surface area contributed by atoms with Crippen LogP contribution in [-0.4, -0.2) is 40.3 Å². The molecule has 0 saturated carbocycles. The summed E-state index contributed by atoms with van der Waals surface area (Å²) in [5, 5.41) is 11.7. The first kappa shape index (κ1) is 12.8. The highest BCUT2D eigenvalue weighted by atomic mass is 16.5. The second-order valence-corrected chi connectivity index (χ2v) is 3.03. The van der Waals surface area contributed by atoms with Crippen LogP contribution in [0.1, 0.15) is 16.1 Å². The number of hydrogen-bond donors (Lipinski definition) is 3. The number of nitrogens with zero attached hydrogens (tertiary/aromatic N) is 2. The normalized spacial score (nSPS) is 9.88. The summed E-state index contributed by atoms with van der Waals surface area (Å²) in [5.74, 6) is -1.09. The van der Waals surface area contributed by atoms with E-state index in [0.29, 0.717) is 12.2 Å². The van der Waals surface area contributed by atoms with Crippen molar-refractivity contribution in [2.24, 2.45) is 5.73 Å². The number of carbonyl (C=O) groups excluding carboxylic acids is 1. The van der Waals surface area contributed by atoms with Gasteiger partial charge in [0.1, 0.15) is 18.5 Å². The number of carboxylic acid groups (broad SMARTS) is 1. The van der Waals surface area contributed by atoms with Gasteiger partial charge in [0.05, 0.1) is 5.69 Å². The first-order valence-corrected chi connectivity index (χ1v) is 4.76. The van der Waals surface area contributed by atoms with Crippen molar-refractivity contribution in [1.82, 2.24) is 15.3 Å². The van der Waals surface area contributed by atoms with Crippen LogP contribution in [0.15, 0.2) is 12.5 Å². The summed E-state index contributed by atoms with van der Waals surface area (Å²) in [5.41, 5.74) is 5.17. The molecule has 0 fully saturated rings. The molecule has 1 aromatic heterocycles. The van der Waals surface area contributed by atoms with Crippen LogP contribution in [0.5, 0.6) is 0 Å². The molecule has 1 rings (SSSR count). The number of carbonyl (C=O) groups is 2. The number of amides is 1. The second kappa shape index (κ2) is 6.38. The maximum Gasteiger partial charge on any atom is 0.404 e. The molecule has 1 aromatic rings. The molecule has 0 bridgehead atoms. The first-order chi connectivity index (χ1) is 8.11. The van der Waals surface area contributed by atoms with Gasteiger partial charge in [-0.2, -0.15) is 0 Å². The number of ether oxygens (including phenoxy) is 1. The fourth-order valence-corrected chi connectivity index (χ4v) is 1.11. The molecular formula is C9H12N4O4. The fourth-order valence-electron chi connectivity index (χ4n) is 1.11. The maximum atomic E-state index is 10.8. The summed E-state index contributed by atoms with van der Waals surface area (Å²) in [6, 6.07) is 0. The van der Waals surface area contributed by atoms with Crippen LogP contribution in [0, 0.1) is 0 Å². The van der Waals surface area contributed by atoms with Crippen LogP contribution in [0.4, 0.5) is 4.79 Å². The number of primary amides is 1. The smallest absolute Gasteiger partial charge is 0.404 e. The van der Waals surface area contributed by atoms with Gasteiger partial charge >= 0.3 is 12.1 Å². The molecule has 17 heavy (non-hydrogen) atoms. The lowest BCUT2D eigenvalue weighted by Gasteiger charge is -2.06. The Hall–Kier alpha value is -2.22. The molecule has 0 unspecified atom stereocenters. The Bertz CT molecular complexity index is 410. The summed E-state index contributed by atoms with van der Waals surface area (Å²) in [6.07, 6.45) is 1.65. The number of aromatic carboxylic acids is 1. The highest BCUT2D eigenvalue weighted by Crippen LogP contribution is 2.02. The van der Waals surface area contributed by atoms with E-state index < -0.39 is 12.1 Å². The quantitative estimate of drug-likeness (QED) is 0.564. The summed E-state index contributed by atoms with van der Waals surface area (Å²) >= 11 is 0. The monoisotopic (exact) mass is 240 g/mol. The number of nitrogens with two attached hydrogens (primary N) is 1. The highest BCUT2D eigenvalue weighted by molar-refractivity contribution is 5.88. The van der Waals surface area contributed by atoms with E-state index in [0.717, 1.165) is 0 Å². The molecule has 0 aliphatic carbocycles. The van der Waals surface area contributed by atoms with E-state index in [2.05, 4.69) is 20.0 Å². The van der Waals surface area contributed by atoms with E-state index in [1.165, 1.54) is 12.5 Å². The Morgan fingerprint density at radius 2 is 2.29 bits per heavy atom. The minimum atomic E-state index is -1.09. The average molecular weight is 240 g/mol. The van der Waals surface area contributed by atoms with Crippen molar-refractivity contribution < 1.29 is 19.4 Å². The molecule has 8 nitrogen and oxygen atoms in total. The number of rotatable bonds is 6. The van der Waals surface area contributed by atoms with E-state index in [1.54, 1.807) is 0 Å². The first-order valence-electron chi connectivity index (χ1n) is 4.76. The van der Waals surface area contributed by atoms with Crippen molar-refractivity contribution in [3.63, 3.8) is 0 Å². The number of nitrogens with one attached hydrogen (secondary N) is 1. The SMILES string of the molecule is NC(=O)OCCNCc1ncncc1C(=O)O. The van der Waals surface area contributed by atoms with Gasteiger partial charge in [-0.05, 0) is 0 Å². The van der Waals surface area contributed by atoms with Gasteiger partial charge in [0.15, 0.2) is 0 Å². The fraction of sp³-hybridized carbons (Fsp3) is 0.333. The van der Waals surface area contributed by atoms with E-state index in [1.807, 2.05) is 0 Å². The van der Waals surface area contributed by atoms with Crippen molar-refractivity contribution in [1.29, 1.82) is 0 Å². The van der Waals surface area contributed by atoms with Gasteiger partial charge in [0, 0.05) is 19.3 Å². The van der Waals surface area contributed by atoms with Crippen molar-refractivity contribution in [3.8, 4) is 0 Å². The van der Waals surface area contributed by atoms with Gasteiger partial charge < -0.3 is 20.9 Å². The largest absolute Gasteiger partial charge is 0.478 e. The summed E-state index contributed by atoms with van der Waals surface area (Å²) < 4.78 is 4.48. The highest BCUT2D eigenvalue weighted by Gasteiger charge is 2.10. The third kappa shape index (κ3) is 4.43. The van der Waals surface area contributed by atoms with E-state index in [4.69, 9.17) is 10.8 Å². The zero-order valence-corrected chi connectivity index (χ0v) is 8.92. The topological polar surface area (TPSA) is 127 Å². The Balaban J connectivity index is 2.41. The van der Waals surface area contributed by atoms with Gasteiger partial charge in [-0.25, -0.2) is 19.6 Å². The lowest BCUT2D eigenvalue weighted by molar-refractivity contribution is 0.0694. The maximum absolute atomic E-state index is 10.8. The van der Waals surface area contributed by atoms with Crippen LogP contribution in [0.25, 0.3) is 0 Å². The average Bonchev–Trinajstić information content (AvgIpc) is 2.28. The molecule has 8 heteroatoms. The van der Waals surface area contributed by atoms with E-state index >= 15 is 0 Å². The third-order valence-electron chi connectivity index (χ3n) is 1.84. The van der Waals surface area contributed by atoms with Gasteiger partial charge in [-0.1, -0.05) is 0 Å². The van der Waals surface area contributed by atoms with Crippen molar-refractivity contribution in [2.45, 2.75) is 6.54 Å². The molecule has 1 amide bonds. The van der Waals surface area contributed by atoms with E-state index in [9.17, 15) is 9.59 Å². The molecule has 0 spiro atoms. The molecular weight excluding hydrogens is 228 g/mol. The Kier molecular flexibility index (Phi) is 4.82. The molecule has 92 valence electrons. The molecule has 0 atom stereocenters. The lowest BCUT2D eigenvalue weighted by Crippen LogP contribution is -2.24. The number of hydrogen-bond acceptors (Lipinski definition) is 6. The summed E-state index contributed by atoms with van der Waals surface area (Å²) in [6.45, 7) is 0.709. The summed E-state index contributed by atoms with van der Waals surface area (Å²) in [4.78, 5) is 28.5. The van der Waals surface area contributed by atoms with Crippen LogP contribution < -0.4 is 11.1 Å². The number of carboxylic acids is 1. The van der Waals surface area contributed by atoms with Crippen LogP contribution >= 0.6 is 0 Å². The summed E-state index contributed by atoms with van der Waals surface area (Å²) in [7, 11) is 0. The van der Waals surface area contributed by atoms with Crippen LogP contribution in [-0.2, 0) is 11.3 Å². The molecule has 0 aliphatic rings. The van der Waals surface area contributed by atoms with Gasteiger partial charge in [-0.3, -0.25) is 0 Å². The van der Waals surface area contributed by atoms with Crippen molar-refractivity contribution >= 4 is 12.1 Å². The van der Waals surface area contributed by atoms with E-state index in [-0.39, 0.29) is 18.7 Å². The predicted molar refractivity (Wildman–Crippen MR) is 56.2 cm³/mol. The molecule has 0 aliphatic heterocycles. The van der Waals surface area contributed by atoms with Gasteiger partial charge in [0.25, 0.3) is 0 Å². The molecule has 0 aromatic carbocycles. The molecule has 1 heterocycles. The third-order valence-corrected chi connectivity index (χ3v) is 1.84. The molecule has 0 saturated heterocycles. The van der Waals surface area contributed by atoms with Gasteiger partial charge in [0.2, 0.25) is 0 Å². The predicted octanol–water partition coefficient (Wildman–Crippen LogP) is -0.640. The lowest BCUT2D eigenvalue weighted by atomic mass is 10.2. The second-order valence-electron chi connectivity index (χ2n) is 3.03. The minimum Gasteiger partial charge on any atom is -0.478 e. The van der Waals surface area contributed by atoms with Crippen molar-refractivity contribution in [2.75, 3.05) is 13.2 Å². The standard InChI is InChI=1S/C9H12N4O4/c10-9(16)17-2-1-11-4-7-6(8(14)15)3-12-5-13-7/h3,5,11H,1-2,4H2,(H2,10,16)(H,14,15). The Morgan fingerprint density at radius 3 is 2.94 bits per heavy atom. The zero-order chi connectivity index (χ0) is 12.7. The van der Waals surface area contributed by atoms with Gasteiger partial charge in [-0.15, -0.1) is 0 Å². The molecule has 4 N–H and O–H groups in total. The number of aromatic nitrogens is 2. The molecule has 0 radical (unpaired) electrons. The Labute approximate surface area is 96.8 Å².